The fraction of sp³-hybridized carbons (Fsp3) is 0.250. The lowest BCUT2D eigenvalue weighted by atomic mass is 10.1. The zero-order valence-electron chi connectivity index (χ0n) is 6.07. The van der Waals surface area contributed by atoms with Gasteiger partial charge in [-0.15, -0.1) is 0 Å². The van der Waals surface area contributed by atoms with E-state index in [0.717, 1.165) is 4.47 Å². The highest BCUT2D eigenvalue weighted by Gasteiger charge is 2.38. The van der Waals surface area contributed by atoms with E-state index in [2.05, 4.69) is 21.2 Å². The van der Waals surface area contributed by atoms with Crippen LogP contribution in [0.3, 0.4) is 0 Å². The maximum absolute atomic E-state index is 13.0. The van der Waals surface area contributed by atoms with Crippen molar-refractivity contribution in [2.45, 2.75) is 5.92 Å². The van der Waals surface area contributed by atoms with Crippen molar-refractivity contribution in [2.24, 2.45) is 0 Å². The number of alkyl halides is 2. The monoisotopic (exact) mass is 233 g/mol. The predicted octanol–water partition coefficient (Wildman–Crippen LogP) is 2.97. The lowest BCUT2D eigenvalue weighted by Crippen LogP contribution is -2.14. The smallest absolute Gasteiger partial charge is 0.292 e. The van der Waals surface area contributed by atoms with Crippen LogP contribution >= 0.6 is 15.9 Å². The Labute approximate surface area is 76.9 Å². The summed E-state index contributed by atoms with van der Waals surface area (Å²) in [5.74, 6) is -2.71. The number of nitrogens with one attached hydrogen (secondary N) is 1. The Bertz CT molecular complexity index is 325. The van der Waals surface area contributed by atoms with E-state index >= 15 is 0 Å². The molecule has 1 N–H and O–H groups in total. The largest absolute Gasteiger partial charge is 0.378 e. The molecule has 0 saturated heterocycles. The molecule has 1 aliphatic heterocycles. The van der Waals surface area contributed by atoms with Gasteiger partial charge < -0.3 is 5.32 Å². The van der Waals surface area contributed by atoms with Crippen molar-refractivity contribution < 1.29 is 8.78 Å². The van der Waals surface area contributed by atoms with E-state index in [1.807, 2.05) is 0 Å². The second-order valence-corrected chi connectivity index (χ2v) is 3.66. The fourth-order valence-corrected chi connectivity index (χ4v) is 1.64. The van der Waals surface area contributed by atoms with Gasteiger partial charge >= 0.3 is 0 Å². The normalized spacial score (nSPS) is 18.6. The average Bonchev–Trinajstić information content (AvgIpc) is 2.27. The summed E-state index contributed by atoms with van der Waals surface area (Å²) < 4.78 is 26.8. The van der Waals surface area contributed by atoms with Crippen molar-refractivity contribution in [3.05, 3.63) is 28.2 Å². The molecule has 0 fully saturated rings. The molecule has 0 saturated carbocycles. The van der Waals surface area contributed by atoms with E-state index in [0.29, 0.717) is 5.69 Å². The maximum Gasteiger partial charge on any atom is 0.292 e. The van der Waals surface area contributed by atoms with Gasteiger partial charge in [-0.2, -0.15) is 8.78 Å². The summed E-state index contributed by atoms with van der Waals surface area (Å²) in [5, 5.41) is 2.65. The highest BCUT2D eigenvalue weighted by molar-refractivity contribution is 9.10. The molecule has 1 heterocycles. The number of fused-ring (bicyclic) bond motifs is 1. The van der Waals surface area contributed by atoms with Gasteiger partial charge in [0.05, 0.1) is 6.54 Å². The quantitative estimate of drug-likeness (QED) is 0.727. The first-order valence-corrected chi connectivity index (χ1v) is 4.31. The van der Waals surface area contributed by atoms with Crippen LogP contribution in [-0.4, -0.2) is 6.54 Å². The summed E-state index contributed by atoms with van der Waals surface area (Å²) in [5.41, 5.74) is 0.611. The molecule has 0 aromatic heterocycles. The summed E-state index contributed by atoms with van der Waals surface area (Å²) in [6, 6.07) is 4.73. The van der Waals surface area contributed by atoms with Crippen LogP contribution in [0.5, 0.6) is 0 Å². The van der Waals surface area contributed by atoms with Crippen molar-refractivity contribution >= 4 is 21.6 Å². The second-order valence-electron chi connectivity index (χ2n) is 2.75. The minimum Gasteiger partial charge on any atom is -0.378 e. The number of halogens is 3. The number of rotatable bonds is 0. The predicted molar refractivity (Wildman–Crippen MR) is 46.5 cm³/mol. The van der Waals surface area contributed by atoms with E-state index in [4.69, 9.17) is 0 Å². The minimum absolute atomic E-state index is 0.0886. The first-order valence-electron chi connectivity index (χ1n) is 3.51. The van der Waals surface area contributed by atoms with E-state index in [1.54, 1.807) is 12.1 Å². The molecule has 0 aliphatic carbocycles. The molecule has 0 spiro atoms. The summed E-state index contributed by atoms with van der Waals surface area (Å²) in [7, 11) is 0. The topological polar surface area (TPSA) is 12.0 Å². The minimum atomic E-state index is -2.71. The van der Waals surface area contributed by atoms with E-state index in [1.165, 1.54) is 6.07 Å². The lowest BCUT2D eigenvalue weighted by molar-refractivity contribution is 0.0185. The zero-order valence-corrected chi connectivity index (χ0v) is 7.66. The molecule has 0 atom stereocenters. The van der Waals surface area contributed by atoms with Gasteiger partial charge in [0.25, 0.3) is 5.92 Å². The Morgan fingerprint density at radius 3 is 2.92 bits per heavy atom. The van der Waals surface area contributed by atoms with Gasteiger partial charge in [0.1, 0.15) is 0 Å². The third kappa shape index (κ3) is 1.10. The standard InChI is InChI=1S/C8H6BrF2N/c9-5-1-2-6-7(3-5)12-4-8(6,10)11/h1-3,12H,4H2. The molecule has 0 unspecified atom stereocenters. The molecule has 4 heteroatoms. The molecule has 1 aromatic carbocycles. The molecular weight excluding hydrogens is 228 g/mol. The Morgan fingerprint density at radius 1 is 1.42 bits per heavy atom. The van der Waals surface area contributed by atoms with Crippen LogP contribution in [0, 0.1) is 0 Å². The van der Waals surface area contributed by atoms with Crippen molar-refractivity contribution in [2.75, 3.05) is 11.9 Å². The first kappa shape index (κ1) is 7.98. The average molecular weight is 234 g/mol. The molecule has 64 valence electrons. The van der Waals surface area contributed by atoms with Crippen LogP contribution in [-0.2, 0) is 5.92 Å². The van der Waals surface area contributed by atoms with Crippen LogP contribution in [0.4, 0.5) is 14.5 Å². The number of hydrogen-bond acceptors (Lipinski definition) is 1. The fourth-order valence-electron chi connectivity index (χ4n) is 1.28. The molecule has 0 bridgehead atoms. The van der Waals surface area contributed by atoms with E-state index in [-0.39, 0.29) is 12.1 Å². The van der Waals surface area contributed by atoms with Crippen LogP contribution < -0.4 is 5.32 Å². The van der Waals surface area contributed by atoms with Gasteiger partial charge in [-0.3, -0.25) is 0 Å². The Kier molecular flexibility index (Phi) is 1.61. The summed E-state index contributed by atoms with van der Waals surface area (Å²) in [6.07, 6.45) is 0. The Hall–Kier alpha value is -0.640. The van der Waals surface area contributed by atoms with Gasteiger partial charge in [0.2, 0.25) is 0 Å². The van der Waals surface area contributed by atoms with Gasteiger partial charge in [-0.05, 0) is 18.2 Å². The lowest BCUT2D eigenvalue weighted by Gasteiger charge is -2.06. The van der Waals surface area contributed by atoms with Crippen molar-refractivity contribution in [3.8, 4) is 0 Å². The Balaban J connectivity index is 2.55. The molecule has 1 aliphatic rings. The number of benzene rings is 1. The van der Waals surface area contributed by atoms with E-state index in [9.17, 15) is 8.78 Å². The Morgan fingerprint density at radius 2 is 2.17 bits per heavy atom. The number of anilines is 1. The summed E-state index contributed by atoms with van der Waals surface area (Å²) in [4.78, 5) is 0. The molecule has 0 amide bonds. The first-order chi connectivity index (χ1) is 5.59. The van der Waals surface area contributed by atoms with E-state index < -0.39 is 5.92 Å². The second kappa shape index (κ2) is 2.42. The van der Waals surface area contributed by atoms with Crippen molar-refractivity contribution in [1.29, 1.82) is 0 Å². The molecule has 1 nitrogen and oxygen atoms in total. The van der Waals surface area contributed by atoms with Crippen LogP contribution in [0.15, 0.2) is 22.7 Å². The van der Waals surface area contributed by atoms with Crippen LogP contribution in [0.25, 0.3) is 0 Å². The molecule has 12 heavy (non-hydrogen) atoms. The van der Waals surface area contributed by atoms with Crippen LogP contribution in [0.1, 0.15) is 5.56 Å². The molecule has 2 rings (SSSR count). The number of hydrogen-bond donors (Lipinski definition) is 1. The third-order valence-corrected chi connectivity index (χ3v) is 2.37. The SMILES string of the molecule is FC1(F)CNc2cc(Br)ccc21. The van der Waals surface area contributed by atoms with Gasteiger partial charge in [-0.1, -0.05) is 15.9 Å². The summed E-state index contributed by atoms with van der Waals surface area (Å²) in [6.45, 7) is -0.293. The van der Waals surface area contributed by atoms with Gasteiger partial charge in [-0.25, -0.2) is 0 Å². The van der Waals surface area contributed by atoms with Crippen molar-refractivity contribution in [3.63, 3.8) is 0 Å². The molecular formula is C8H6BrF2N. The molecule has 1 aromatic rings. The highest BCUT2D eigenvalue weighted by Crippen LogP contribution is 2.40. The highest BCUT2D eigenvalue weighted by atomic mass is 79.9. The third-order valence-electron chi connectivity index (χ3n) is 1.88. The summed E-state index contributed by atoms with van der Waals surface area (Å²) >= 11 is 3.22. The van der Waals surface area contributed by atoms with Crippen LogP contribution in [0.2, 0.25) is 0 Å². The van der Waals surface area contributed by atoms with Gasteiger partial charge in [0.15, 0.2) is 0 Å². The zero-order chi connectivity index (χ0) is 8.77. The molecule has 0 radical (unpaired) electrons. The van der Waals surface area contributed by atoms with Crippen molar-refractivity contribution in [1.82, 2.24) is 0 Å². The maximum atomic E-state index is 13.0. The van der Waals surface area contributed by atoms with Gasteiger partial charge in [0, 0.05) is 15.7 Å².